The zero-order chi connectivity index (χ0) is 21.5. The molecule has 3 aromatic rings. The maximum atomic E-state index is 12.3. The first-order chi connectivity index (χ1) is 15.2. The van der Waals surface area contributed by atoms with Gasteiger partial charge >= 0.3 is 0 Å². The van der Waals surface area contributed by atoms with Crippen LogP contribution in [0.1, 0.15) is 28.9 Å². The molecule has 2 aromatic heterocycles. The largest absolute Gasteiger partial charge is 0.355 e. The summed E-state index contributed by atoms with van der Waals surface area (Å²) in [4.78, 5) is 26.1. The Balaban J connectivity index is 1.25. The molecule has 1 fully saturated rings. The number of hydrogen-bond donors (Lipinski definition) is 1. The summed E-state index contributed by atoms with van der Waals surface area (Å²) in [6.45, 7) is 2.47. The van der Waals surface area contributed by atoms with E-state index in [1.165, 1.54) is 22.5 Å². The molecule has 8 nitrogen and oxygen atoms in total. The van der Waals surface area contributed by atoms with Crippen LogP contribution in [0.4, 0.5) is 5.82 Å². The van der Waals surface area contributed by atoms with Gasteiger partial charge in [0.05, 0.1) is 6.54 Å². The van der Waals surface area contributed by atoms with Crippen molar-refractivity contribution >= 4 is 11.7 Å². The van der Waals surface area contributed by atoms with E-state index in [4.69, 9.17) is 0 Å². The van der Waals surface area contributed by atoms with Crippen molar-refractivity contribution in [1.82, 2.24) is 25.3 Å². The summed E-state index contributed by atoms with van der Waals surface area (Å²) in [5, 5.41) is 15.1. The Morgan fingerprint density at radius 3 is 2.52 bits per heavy atom. The van der Waals surface area contributed by atoms with E-state index in [-0.39, 0.29) is 23.7 Å². The second-order valence-electron chi connectivity index (χ2n) is 7.74. The Morgan fingerprint density at radius 2 is 1.81 bits per heavy atom. The lowest BCUT2D eigenvalue weighted by molar-refractivity contribution is 0.0945. The van der Waals surface area contributed by atoms with Gasteiger partial charge in [-0.3, -0.25) is 9.59 Å². The molecule has 0 radical (unpaired) electrons. The van der Waals surface area contributed by atoms with Crippen LogP contribution in [0.5, 0.6) is 0 Å². The van der Waals surface area contributed by atoms with Gasteiger partial charge in [-0.05, 0) is 48.9 Å². The molecule has 1 aliphatic heterocycles. The first kappa shape index (κ1) is 20.7. The molecule has 8 heteroatoms. The fourth-order valence-electron chi connectivity index (χ4n) is 3.85. The van der Waals surface area contributed by atoms with Crippen LogP contribution >= 0.6 is 0 Å². The lowest BCUT2D eigenvalue weighted by Gasteiger charge is -2.32. The van der Waals surface area contributed by atoms with Crippen molar-refractivity contribution in [1.29, 1.82) is 0 Å². The third-order valence-corrected chi connectivity index (χ3v) is 5.58. The van der Waals surface area contributed by atoms with Crippen molar-refractivity contribution in [3.63, 3.8) is 0 Å². The summed E-state index contributed by atoms with van der Waals surface area (Å²) in [6.07, 6.45) is 4.89. The molecule has 160 valence electrons. The van der Waals surface area contributed by atoms with Crippen LogP contribution in [-0.4, -0.2) is 45.5 Å². The Hall–Kier alpha value is -3.55. The first-order valence-corrected chi connectivity index (χ1v) is 10.6. The van der Waals surface area contributed by atoms with Crippen LogP contribution in [0.2, 0.25) is 0 Å². The summed E-state index contributed by atoms with van der Waals surface area (Å²) in [7, 11) is 0. The maximum absolute atomic E-state index is 12.3. The number of anilines is 1. The fraction of sp³-hybridized carbons (Fsp3) is 0.348. The van der Waals surface area contributed by atoms with Crippen molar-refractivity contribution in [3.05, 3.63) is 82.4 Å². The number of aromatic nitrogens is 4. The highest BCUT2D eigenvalue weighted by molar-refractivity contribution is 5.92. The third-order valence-electron chi connectivity index (χ3n) is 5.58. The molecule has 31 heavy (non-hydrogen) atoms. The molecule has 0 saturated carbocycles. The van der Waals surface area contributed by atoms with Gasteiger partial charge in [0.1, 0.15) is 0 Å². The molecular formula is C23H26N6O2. The predicted molar refractivity (Wildman–Crippen MR) is 118 cm³/mol. The lowest BCUT2D eigenvalue weighted by Crippen LogP contribution is -2.35. The van der Waals surface area contributed by atoms with E-state index in [9.17, 15) is 9.59 Å². The minimum Gasteiger partial charge on any atom is -0.355 e. The van der Waals surface area contributed by atoms with Crippen LogP contribution < -0.4 is 15.8 Å². The maximum Gasteiger partial charge on any atom is 0.271 e. The Bertz CT molecular complexity index is 1040. The molecule has 0 aliphatic carbocycles. The molecule has 0 spiro atoms. The molecule has 1 N–H and O–H groups in total. The number of amides is 1. The third kappa shape index (κ3) is 5.53. The topological polar surface area (TPSA) is 93.0 Å². The van der Waals surface area contributed by atoms with Gasteiger partial charge in [-0.2, -0.15) is 5.10 Å². The number of hydrogen-bond acceptors (Lipinski definition) is 6. The summed E-state index contributed by atoms with van der Waals surface area (Å²) in [5.74, 6) is 1.17. The van der Waals surface area contributed by atoms with E-state index in [0.29, 0.717) is 12.5 Å². The van der Waals surface area contributed by atoms with Gasteiger partial charge in [0, 0.05) is 31.9 Å². The predicted octanol–water partition coefficient (Wildman–Crippen LogP) is 1.92. The van der Waals surface area contributed by atoms with Gasteiger partial charge in [-0.1, -0.05) is 30.3 Å². The smallest absolute Gasteiger partial charge is 0.271 e. The summed E-state index contributed by atoms with van der Waals surface area (Å²) < 4.78 is 1.30. The molecule has 3 heterocycles. The lowest BCUT2D eigenvalue weighted by atomic mass is 9.90. The van der Waals surface area contributed by atoms with E-state index < -0.39 is 0 Å². The molecule has 0 bridgehead atoms. The zero-order valence-corrected chi connectivity index (χ0v) is 17.4. The number of nitrogens with zero attached hydrogens (tertiary/aromatic N) is 5. The molecule has 0 unspecified atom stereocenters. The van der Waals surface area contributed by atoms with Crippen molar-refractivity contribution in [2.75, 3.05) is 24.5 Å². The van der Waals surface area contributed by atoms with Crippen molar-refractivity contribution < 1.29 is 4.79 Å². The number of piperidine rings is 1. The Morgan fingerprint density at radius 1 is 1.00 bits per heavy atom. The SMILES string of the molecule is O=C(NCCn1ncccc1=O)c1ccc(N2CCC(Cc3ccccc3)CC2)nn1. The first-order valence-electron chi connectivity index (χ1n) is 10.6. The van der Waals surface area contributed by atoms with Crippen LogP contribution in [0.15, 0.2) is 65.6 Å². The second kappa shape index (κ2) is 9.97. The molecule has 1 saturated heterocycles. The van der Waals surface area contributed by atoms with Gasteiger partial charge in [0.25, 0.3) is 11.5 Å². The van der Waals surface area contributed by atoms with Gasteiger partial charge < -0.3 is 10.2 Å². The summed E-state index contributed by atoms with van der Waals surface area (Å²) in [6, 6.07) is 17.2. The quantitative estimate of drug-likeness (QED) is 0.630. The number of carbonyl (C=O) groups is 1. The standard InChI is InChI=1S/C23H26N6O2/c30-22-7-4-12-25-29(22)16-13-24-23(31)20-8-9-21(27-26-20)28-14-10-19(11-15-28)17-18-5-2-1-3-6-18/h1-9,12,19H,10-11,13-17H2,(H,24,31). The second-order valence-corrected chi connectivity index (χ2v) is 7.74. The normalized spacial score (nSPS) is 14.4. The van der Waals surface area contributed by atoms with Crippen molar-refractivity contribution in [2.24, 2.45) is 5.92 Å². The highest BCUT2D eigenvalue weighted by atomic mass is 16.2. The average molecular weight is 419 g/mol. The molecule has 1 aromatic carbocycles. The van der Waals surface area contributed by atoms with E-state index in [2.05, 4.69) is 55.8 Å². The highest BCUT2D eigenvalue weighted by Crippen LogP contribution is 2.24. The minimum atomic E-state index is -0.315. The minimum absolute atomic E-state index is 0.201. The van der Waals surface area contributed by atoms with E-state index in [0.717, 1.165) is 38.2 Å². The Kier molecular flexibility index (Phi) is 6.66. The number of nitrogens with one attached hydrogen (secondary N) is 1. The number of carbonyl (C=O) groups excluding carboxylic acids is 1. The van der Waals surface area contributed by atoms with Crippen LogP contribution in [0.25, 0.3) is 0 Å². The monoisotopic (exact) mass is 418 g/mol. The van der Waals surface area contributed by atoms with Crippen LogP contribution in [0.3, 0.4) is 0 Å². The molecule has 4 rings (SSSR count). The number of benzene rings is 1. The molecular weight excluding hydrogens is 392 g/mol. The summed E-state index contributed by atoms with van der Waals surface area (Å²) in [5.41, 5.74) is 1.45. The van der Waals surface area contributed by atoms with Gasteiger partial charge in [0.2, 0.25) is 0 Å². The fourth-order valence-corrected chi connectivity index (χ4v) is 3.85. The highest BCUT2D eigenvalue weighted by Gasteiger charge is 2.21. The zero-order valence-electron chi connectivity index (χ0n) is 17.4. The van der Waals surface area contributed by atoms with E-state index in [1.807, 2.05) is 6.07 Å². The van der Waals surface area contributed by atoms with E-state index in [1.54, 1.807) is 12.1 Å². The van der Waals surface area contributed by atoms with Crippen molar-refractivity contribution in [3.8, 4) is 0 Å². The van der Waals surface area contributed by atoms with E-state index >= 15 is 0 Å². The number of rotatable bonds is 7. The molecule has 0 atom stereocenters. The summed E-state index contributed by atoms with van der Waals surface area (Å²) >= 11 is 0. The van der Waals surface area contributed by atoms with Gasteiger partial charge in [-0.25, -0.2) is 4.68 Å². The van der Waals surface area contributed by atoms with Gasteiger partial charge in [0.15, 0.2) is 11.5 Å². The van der Waals surface area contributed by atoms with Crippen molar-refractivity contribution in [2.45, 2.75) is 25.8 Å². The van der Waals surface area contributed by atoms with Crippen LogP contribution in [0, 0.1) is 5.92 Å². The Labute approximate surface area is 180 Å². The van der Waals surface area contributed by atoms with Crippen LogP contribution in [-0.2, 0) is 13.0 Å². The van der Waals surface area contributed by atoms with Gasteiger partial charge in [-0.15, -0.1) is 10.2 Å². The molecule has 1 aliphatic rings. The molecule has 1 amide bonds. The average Bonchev–Trinajstić information content (AvgIpc) is 2.81.